The topological polar surface area (TPSA) is 67.3 Å². The maximum absolute atomic E-state index is 12.7. The molecule has 2 aliphatic rings. The monoisotopic (exact) mass is 506 g/mol. The third-order valence-electron chi connectivity index (χ3n) is 7.65. The number of pyridine rings is 1. The van der Waals surface area contributed by atoms with Crippen molar-refractivity contribution in [3.05, 3.63) is 65.4 Å². The van der Waals surface area contributed by atoms with Crippen molar-refractivity contribution in [3.63, 3.8) is 0 Å². The van der Waals surface area contributed by atoms with Gasteiger partial charge in [0.15, 0.2) is 9.84 Å². The number of hydrogen-bond acceptors (Lipinski definition) is 4. The van der Waals surface area contributed by atoms with Gasteiger partial charge in [-0.3, -0.25) is 9.78 Å². The quantitative estimate of drug-likeness (QED) is 0.444. The van der Waals surface area contributed by atoms with E-state index in [0.29, 0.717) is 23.1 Å². The average Bonchev–Trinajstić information content (AvgIpc) is 3.05. The molecule has 0 unspecified atom stereocenters. The average molecular weight is 507 g/mol. The Morgan fingerprint density at radius 2 is 1.86 bits per heavy atom. The number of aromatic nitrogens is 1. The van der Waals surface area contributed by atoms with Gasteiger partial charge in [0.1, 0.15) is 0 Å². The zero-order chi connectivity index (χ0) is 25.9. The largest absolute Gasteiger partial charge is 0.343 e. The first kappa shape index (κ1) is 26.3. The predicted molar refractivity (Wildman–Crippen MR) is 146 cm³/mol. The Hall–Kier alpha value is -2.73. The number of hydrogen-bond donors (Lipinski definition) is 0. The molecule has 1 aromatic carbocycles. The Labute approximate surface area is 216 Å². The molecule has 36 heavy (non-hydrogen) atoms. The summed E-state index contributed by atoms with van der Waals surface area (Å²) in [7, 11) is -3.21. The second kappa shape index (κ2) is 10.7. The fraction of sp³-hybridized carbons (Fsp3) is 0.467. The smallest absolute Gasteiger partial charge is 0.223 e. The molecule has 4 rings (SSSR count). The van der Waals surface area contributed by atoms with Crippen LogP contribution in [-0.4, -0.2) is 43.6 Å². The molecular formula is C30H38N2O3S. The van der Waals surface area contributed by atoms with Gasteiger partial charge >= 0.3 is 0 Å². The Bertz CT molecular complexity index is 1270. The van der Waals surface area contributed by atoms with Gasteiger partial charge in [-0.1, -0.05) is 63.1 Å². The first-order valence-corrected chi connectivity index (χ1v) is 14.9. The van der Waals surface area contributed by atoms with E-state index >= 15 is 0 Å². The molecule has 0 N–H and O–H groups in total. The summed E-state index contributed by atoms with van der Waals surface area (Å²) in [5, 5.41) is 0. The molecule has 0 radical (unpaired) electrons. The molecule has 0 bridgehead atoms. The van der Waals surface area contributed by atoms with Gasteiger partial charge in [0.2, 0.25) is 5.91 Å². The molecule has 1 amide bonds. The molecule has 1 aliphatic heterocycles. The Balaban J connectivity index is 1.40. The lowest BCUT2D eigenvalue weighted by Crippen LogP contribution is -2.40. The molecule has 1 saturated heterocycles. The van der Waals surface area contributed by atoms with E-state index in [0.717, 1.165) is 62.0 Å². The third-order valence-corrected chi connectivity index (χ3v) is 8.77. The zero-order valence-electron chi connectivity index (χ0n) is 22.0. The highest BCUT2D eigenvalue weighted by molar-refractivity contribution is 7.90. The summed E-state index contributed by atoms with van der Waals surface area (Å²) >= 11 is 0. The van der Waals surface area contributed by atoms with Crippen molar-refractivity contribution in [2.24, 2.45) is 11.3 Å². The van der Waals surface area contributed by atoms with Crippen LogP contribution in [-0.2, 0) is 21.1 Å². The fourth-order valence-electron chi connectivity index (χ4n) is 4.91. The van der Waals surface area contributed by atoms with Crippen molar-refractivity contribution >= 4 is 21.8 Å². The van der Waals surface area contributed by atoms with Gasteiger partial charge in [-0.25, -0.2) is 8.42 Å². The summed E-state index contributed by atoms with van der Waals surface area (Å²) in [4.78, 5) is 19.8. The number of benzene rings is 1. The Morgan fingerprint density at radius 3 is 2.50 bits per heavy atom. The van der Waals surface area contributed by atoms with Crippen LogP contribution >= 0.6 is 0 Å². The van der Waals surface area contributed by atoms with Crippen LogP contribution in [0.2, 0.25) is 0 Å². The van der Waals surface area contributed by atoms with Crippen LogP contribution in [0.4, 0.5) is 0 Å². The highest BCUT2D eigenvalue weighted by Crippen LogP contribution is 2.30. The van der Waals surface area contributed by atoms with Crippen LogP contribution in [0.1, 0.15) is 64.0 Å². The summed E-state index contributed by atoms with van der Waals surface area (Å²) in [6.07, 6.45) is 15.5. The number of likely N-dealkylation sites (tertiary alicyclic amines) is 1. The van der Waals surface area contributed by atoms with Gasteiger partial charge in [0.05, 0.1) is 10.6 Å². The lowest BCUT2D eigenvalue weighted by atomic mass is 9.85. The Morgan fingerprint density at radius 1 is 1.17 bits per heavy atom. The van der Waals surface area contributed by atoms with Crippen molar-refractivity contribution in [2.75, 3.05) is 19.3 Å². The first-order chi connectivity index (χ1) is 17.0. The number of nitrogens with zero attached hydrogens (tertiary/aromatic N) is 2. The van der Waals surface area contributed by atoms with E-state index in [1.165, 1.54) is 17.4 Å². The van der Waals surface area contributed by atoms with Gasteiger partial charge in [-0.15, -0.1) is 0 Å². The van der Waals surface area contributed by atoms with Crippen LogP contribution < -0.4 is 0 Å². The van der Waals surface area contributed by atoms with Crippen LogP contribution in [0.3, 0.4) is 0 Å². The maximum Gasteiger partial charge on any atom is 0.223 e. The molecule has 1 aromatic heterocycles. The summed E-state index contributed by atoms with van der Waals surface area (Å²) in [6.45, 7) is 8.20. The molecule has 2 aromatic rings. The van der Waals surface area contributed by atoms with Crippen LogP contribution in [0, 0.1) is 11.3 Å². The number of sulfone groups is 1. The first-order valence-electron chi connectivity index (χ1n) is 13.0. The van der Waals surface area contributed by atoms with Crippen LogP contribution in [0.25, 0.3) is 17.3 Å². The zero-order valence-corrected chi connectivity index (χ0v) is 22.8. The minimum Gasteiger partial charge on any atom is -0.343 e. The summed E-state index contributed by atoms with van der Waals surface area (Å²) < 4.78 is 23.5. The minimum absolute atomic E-state index is 0.0729. The summed E-state index contributed by atoms with van der Waals surface area (Å²) in [6, 6.07) is 9.00. The van der Waals surface area contributed by atoms with Crippen LogP contribution in [0.15, 0.2) is 59.1 Å². The second-order valence-electron chi connectivity index (χ2n) is 11.1. The van der Waals surface area contributed by atoms with Crippen LogP contribution in [0.5, 0.6) is 0 Å². The van der Waals surface area contributed by atoms with E-state index < -0.39 is 9.84 Å². The van der Waals surface area contributed by atoms with Crippen molar-refractivity contribution in [1.82, 2.24) is 9.88 Å². The van der Waals surface area contributed by atoms with Gasteiger partial charge < -0.3 is 4.90 Å². The molecule has 2 heterocycles. The molecule has 0 spiro atoms. The molecule has 0 saturated carbocycles. The lowest BCUT2D eigenvalue weighted by Gasteiger charge is -2.33. The van der Waals surface area contributed by atoms with Crippen molar-refractivity contribution in [3.8, 4) is 11.3 Å². The number of piperidine rings is 1. The van der Waals surface area contributed by atoms with E-state index in [1.807, 2.05) is 18.3 Å². The van der Waals surface area contributed by atoms with E-state index in [2.05, 4.69) is 54.9 Å². The lowest BCUT2D eigenvalue weighted by molar-refractivity contribution is -0.134. The third kappa shape index (κ3) is 6.52. The van der Waals surface area contributed by atoms with Crippen molar-refractivity contribution < 1.29 is 13.2 Å². The minimum atomic E-state index is -3.21. The maximum atomic E-state index is 12.7. The number of fused-ring (bicyclic) bond motifs is 1. The van der Waals surface area contributed by atoms with Crippen molar-refractivity contribution in [1.29, 1.82) is 0 Å². The van der Waals surface area contributed by atoms with Gasteiger partial charge in [0.25, 0.3) is 0 Å². The SMILES string of the molecule is CCC(C)(C)CC(=O)N1CCC(C=C2CC=Cc3cc(-c4ccc(S(C)(=O)=O)cc4)ncc3C2)CC1. The predicted octanol–water partition coefficient (Wildman–Crippen LogP) is 6.10. The van der Waals surface area contributed by atoms with Gasteiger partial charge in [0, 0.05) is 37.5 Å². The molecule has 0 atom stereocenters. The highest BCUT2D eigenvalue weighted by Gasteiger charge is 2.27. The standard InChI is InChI=1S/C30H38N2O3S/c1-5-30(2,3)20-29(33)32-15-13-22(14-16-32)17-23-7-6-8-25-19-28(31-21-26(25)18-23)24-9-11-27(12-10-24)36(4,34)35/h6,8-12,17,19,21-22H,5,7,13-16,18,20H2,1-4H3. The summed E-state index contributed by atoms with van der Waals surface area (Å²) in [5.74, 6) is 0.811. The summed E-state index contributed by atoms with van der Waals surface area (Å²) in [5.41, 5.74) is 5.60. The molecule has 5 nitrogen and oxygen atoms in total. The van der Waals surface area contributed by atoms with Crippen molar-refractivity contribution in [2.45, 2.75) is 64.2 Å². The van der Waals surface area contributed by atoms with E-state index in [4.69, 9.17) is 0 Å². The normalized spacial score (nSPS) is 18.2. The molecular weight excluding hydrogens is 468 g/mol. The van der Waals surface area contributed by atoms with E-state index in [9.17, 15) is 13.2 Å². The highest BCUT2D eigenvalue weighted by atomic mass is 32.2. The molecule has 6 heteroatoms. The number of amides is 1. The number of carbonyl (C=O) groups excluding carboxylic acids is 1. The number of allylic oxidation sites excluding steroid dienone is 3. The molecule has 1 fully saturated rings. The van der Waals surface area contributed by atoms with Gasteiger partial charge in [-0.05, 0) is 66.3 Å². The Kier molecular flexibility index (Phi) is 7.84. The molecule has 1 aliphatic carbocycles. The van der Waals surface area contributed by atoms with E-state index in [1.54, 1.807) is 12.1 Å². The number of carbonyl (C=O) groups is 1. The second-order valence-corrected chi connectivity index (χ2v) is 13.1. The van der Waals surface area contributed by atoms with Gasteiger partial charge in [-0.2, -0.15) is 0 Å². The van der Waals surface area contributed by atoms with E-state index in [-0.39, 0.29) is 5.41 Å². The number of rotatable bonds is 6. The fourth-order valence-corrected chi connectivity index (χ4v) is 5.54. The molecule has 192 valence electrons.